The first-order valence-corrected chi connectivity index (χ1v) is 4.54. The largest absolute Gasteiger partial charge is 0.467 e. The third kappa shape index (κ3) is 4.07. The fraction of sp³-hybridized carbons (Fsp3) is 0.600. The lowest BCUT2D eigenvalue weighted by Crippen LogP contribution is -2.44. The molecule has 0 aliphatic heterocycles. The van der Waals surface area contributed by atoms with Gasteiger partial charge in [-0.25, -0.2) is 4.79 Å². The molecule has 4 heteroatoms. The number of rotatable bonds is 4. The van der Waals surface area contributed by atoms with Gasteiger partial charge in [-0.15, -0.1) is 0 Å². The van der Waals surface area contributed by atoms with Gasteiger partial charge in [-0.05, 0) is 18.9 Å². The normalized spacial score (nSPS) is 12.9. The number of carbonyl (C=O) groups excluding carboxylic acids is 2. The molecule has 0 heterocycles. The topological polar surface area (TPSA) is 55.4 Å². The van der Waals surface area contributed by atoms with Crippen LogP contribution in [0.3, 0.4) is 0 Å². The Bertz CT molecular complexity index is 234. The molecule has 0 saturated heterocycles. The van der Waals surface area contributed by atoms with Crippen LogP contribution in [0.5, 0.6) is 0 Å². The molecule has 0 aromatic rings. The van der Waals surface area contributed by atoms with Crippen LogP contribution in [0.4, 0.5) is 0 Å². The monoisotopic (exact) mass is 199 g/mol. The van der Waals surface area contributed by atoms with E-state index in [2.05, 4.69) is 10.1 Å². The highest BCUT2D eigenvalue weighted by Gasteiger charge is 2.23. The third-order valence-corrected chi connectivity index (χ3v) is 1.74. The van der Waals surface area contributed by atoms with E-state index < -0.39 is 12.0 Å². The van der Waals surface area contributed by atoms with Gasteiger partial charge < -0.3 is 10.1 Å². The second-order valence-corrected chi connectivity index (χ2v) is 3.25. The predicted molar refractivity (Wildman–Crippen MR) is 53.6 cm³/mol. The first-order chi connectivity index (χ1) is 6.52. The number of carbonyl (C=O) groups is 2. The summed E-state index contributed by atoms with van der Waals surface area (Å²) >= 11 is 0. The van der Waals surface area contributed by atoms with Gasteiger partial charge in [0.2, 0.25) is 5.91 Å². The Labute approximate surface area is 84.3 Å². The molecule has 0 bridgehead atoms. The molecule has 0 spiro atoms. The van der Waals surface area contributed by atoms with E-state index in [1.54, 1.807) is 13.0 Å². The van der Waals surface area contributed by atoms with Gasteiger partial charge >= 0.3 is 5.97 Å². The lowest BCUT2D eigenvalue weighted by atomic mass is 10.0. The number of allylic oxidation sites excluding steroid dienone is 1. The fourth-order valence-corrected chi connectivity index (χ4v) is 0.977. The van der Waals surface area contributed by atoms with Crippen LogP contribution in [0, 0.1) is 5.92 Å². The molecule has 14 heavy (non-hydrogen) atoms. The van der Waals surface area contributed by atoms with Gasteiger partial charge in [0.05, 0.1) is 7.11 Å². The van der Waals surface area contributed by atoms with E-state index >= 15 is 0 Å². The molecule has 0 saturated carbocycles. The minimum atomic E-state index is -0.580. The highest BCUT2D eigenvalue weighted by Crippen LogP contribution is 2.03. The predicted octanol–water partition coefficient (Wildman–Crippen LogP) is 0.876. The van der Waals surface area contributed by atoms with Gasteiger partial charge in [0, 0.05) is 0 Å². The summed E-state index contributed by atoms with van der Waals surface area (Å²) in [5.41, 5.74) is 0. The second kappa shape index (κ2) is 6.18. The van der Waals surface area contributed by atoms with Crippen LogP contribution in [0.2, 0.25) is 0 Å². The van der Waals surface area contributed by atoms with E-state index in [1.165, 1.54) is 13.2 Å². The highest BCUT2D eigenvalue weighted by molar-refractivity contribution is 5.91. The Morgan fingerprint density at radius 1 is 1.36 bits per heavy atom. The van der Waals surface area contributed by atoms with Gasteiger partial charge in [-0.2, -0.15) is 0 Å². The van der Waals surface area contributed by atoms with E-state index in [0.717, 1.165) is 0 Å². The summed E-state index contributed by atoms with van der Waals surface area (Å²) in [5, 5.41) is 2.57. The molecular formula is C10H17NO3. The SMILES string of the molecule is C/C=C/C(=O)NC(C(=O)OC)C(C)C. The third-order valence-electron chi connectivity index (χ3n) is 1.74. The molecular weight excluding hydrogens is 182 g/mol. The Hall–Kier alpha value is -1.32. The quantitative estimate of drug-likeness (QED) is 0.540. The Morgan fingerprint density at radius 2 is 1.93 bits per heavy atom. The van der Waals surface area contributed by atoms with Crippen LogP contribution < -0.4 is 5.32 Å². The maximum Gasteiger partial charge on any atom is 0.328 e. The van der Waals surface area contributed by atoms with Crippen molar-refractivity contribution >= 4 is 11.9 Å². The molecule has 1 amide bonds. The number of methoxy groups -OCH3 is 1. The minimum Gasteiger partial charge on any atom is -0.467 e. The zero-order valence-corrected chi connectivity index (χ0v) is 9.03. The molecule has 0 aliphatic carbocycles. The molecule has 0 aromatic heterocycles. The van der Waals surface area contributed by atoms with Crippen molar-refractivity contribution in [1.29, 1.82) is 0 Å². The zero-order valence-electron chi connectivity index (χ0n) is 9.03. The lowest BCUT2D eigenvalue weighted by Gasteiger charge is -2.18. The molecule has 1 unspecified atom stereocenters. The summed E-state index contributed by atoms with van der Waals surface area (Å²) in [7, 11) is 1.31. The van der Waals surface area contributed by atoms with Crippen LogP contribution in [0.1, 0.15) is 20.8 Å². The molecule has 1 atom stereocenters. The van der Waals surface area contributed by atoms with Crippen molar-refractivity contribution in [3.05, 3.63) is 12.2 Å². The molecule has 0 aliphatic rings. The van der Waals surface area contributed by atoms with Crippen molar-refractivity contribution in [2.24, 2.45) is 5.92 Å². The first kappa shape index (κ1) is 12.7. The molecule has 0 rings (SSSR count). The average Bonchev–Trinajstić information content (AvgIpc) is 2.13. The van der Waals surface area contributed by atoms with Crippen LogP contribution in [0.25, 0.3) is 0 Å². The van der Waals surface area contributed by atoms with Gasteiger partial charge in [0.15, 0.2) is 0 Å². The van der Waals surface area contributed by atoms with Crippen molar-refractivity contribution in [3.8, 4) is 0 Å². The van der Waals surface area contributed by atoms with Crippen LogP contribution in [-0.4, -0.2) is 25.0 Å². The number of ether oxygens (including phenoxy) is 1. The van der Waals surface area contributed by atoms with E-state index in [4.69, 9.17) is 0 Å². The minimum absolute atomic E-state index is 0.0108. The summed E-state index contributed by atoms with van der Waals surface area (Å²) in [6.45, 7) is 5.43. The molecule has 0 fully saturated rings. The van der Waals surface area contributed by atoms with E-state index in [0.29, 0.717) is 0 Å². The van der Waals surface area contributed by atoms with Crippen molar-refractivity contribution < 1.29 is 14.3 Å². The first-order valence-electron chi connectivity index (χ1n) is 4.54. The molecule has 4 nitrogen and oxygen atoms in total. The molecule has 80 valence electrons. The maximum atomic E-state index is 11.2. The highest BCUT2D eigenvalue weighted by atomic mass is 16.5. The molecule has 0 radical (unpaired) electrons. The van der Waals surface area contributed by atoms with E-state index in [9.17, 15) is 9.59 Å². The Morgan fingerprint density at radius 3 is 2.29 bits per heavy atom. The summed E-state index contributed by atoms with van der Waals surface area (Å²) in [6.07, 6.45) is 2.99. The smallest absolute Gasteiger partial charge is 0.328 e. The summed E-state index contributed by atoms with van der Waals surface area (Å²) in [6, 6.07) is -0.580. The van der Waals surface area contributed by atoms with Gasteiger partial charge in [-0.1, -0.05) is 19.9 Å². The molecule has 0 aromatic carbocycles. The van der Waals surface area contributed by atoms with E-state index in [-0.39, 0.29) is 11.8 Å². The van der Waals surface area contributed by atoms with Crippen molar-refractivity contribution in [2.45, 2.75) is 26.8 Å². The van der Waals surface area contributed by atoms with Gasteiger partial charge in [-0.3, -0.25) is 4.79 Å². The van der Waals surface area contributed by atoms with Crippen LogP contribution in [-0.2, 0) is 14.3 Å². The standard InChI is InChI=1S/C10H17NO3/c1-5-6-8(12)11-9(7(2)3)10(13)14-4/h5-7,9H,1-4H3,(H,11,12)/b6-5+. The van der Waals surface area contributed by atoms with Crippen molar-refractivity contribution in [1.82, 2.24) is 5.32 Å². The zero-order chi connectivity index (χ0) is 11.1. The van der Waals surface area contributed by atoms with Crippen molar-refractivity contribution in [3.63, 3.8) is 0 Å². The second-order valence-electron chi connectivity index (χ2n) is 3.25. The number of nitrogens with one attached hydrogen (secondary N) is 1. The maximum absolute atomic E-state index is 11.2. The lowest BCUT2D eigenvalue weighted by molar-refractivity contribution is -0.145. The fourth-order valence-electron chi connectivity index (χ4n) is 0.977. The Kier molecular flexibility index (Phi) is 5.60. The number of hydrogen-bond donors (Lipinski definition) is 1. The van der Waals surface area contributed by atoms with Gasteiger partial charge in [0.25, 0.3) is 0 Å². The summed E-state index contributed by atoms with van der Waals surface area (Å²) in [4.78, 5) is 22.4. The average molecular weight is 199 g/mol. The Balaban J connectivity index is 4.38. The number of esters is 1. The molecule has 1 N–H and O–H groups in total. The number of hydrogen-bond acceptors (Lipinski definition) is 3. The number of amides is 1. The van der Waals surface area contributed by atoms with Crippen molar-refractivity contribution in [2.75, 3.05) is 7.11 Å². The summed E-state index contributed by atoms with van der Waals surface area (Å²) in [5.74, 6) is -0.689. The van der Waals surface area contributed by atoms with Gasteiger partial charge in [0.1, 0.15) is 6.04 Å². The van der Waals surface area contributed by atoms with E-state index in [1.807, 2.05) is 13.8 Å². The summed E-state index contributed by atoms with van der Waals surface area (Å²) < 4.78 is 4.57. The van der Waals surface area contributed by atoms with Crippen LogP contribution >= 0.6 is 0 Å². The van der Waals surface area contributed by atoms with Crippen LogP contribution in [0.15, 0.2) is 12.2 Å².